The first-order valence-corrected chi connectivity index (χ1v) is 7.10. The monoisotopic (exact) mass is 238 g/mol. The fourth-order valence-corrected chi connectivity index (χ4v) is 2.03. The zero-order chi connectivity index (χ0) is 11.1. The predicted octanol–water partition coefficient (Wildman–Crippen LogP) is -1.63. The van der Waals surface area contributed by atoms with Crippen LogP contribution in [0, 0.1) is 0 Å². The highest BCUT2D eigenvalue weighted by atomic mass is 32.2. The van der Waals surface area contributed by atoms with Gasteiger partial charge in [-0.3, -0.25) is 8.42 Å². The van der Waals surface area contributed by atoms with E-state index in [4.69, 9.17) is 11.7 Å². The lowest BCUT2D eigenvalue weighted by atomic mass is 10.3. The summed E-state index contributed by atoms with van der Waals surface area (Å²) in [5, 5.41) is 6.86. The third-order valence-corrected chi connectivity index (χ3v) is 2.68. The summed E-state index contributed by atoms with van der Waals surface area (Å²) in [5.74, 6) is 10.5. The average Bonchev–Trinajstić information content (AvgIpc) is 2.10. The molecule has 4 N–H and O–H groups in total. The van der Waals surface area contributed by atoms with Gasteiger partial charge in [0.2, 0.25) is 0 Å². The highest BCUT2D eigenvalue weighted by Crippen LogP contribution is 1.90. The van der Waals surface area contributed by atoms with Gasteiger partial charge in [-0.25, -0.2) is 0 Å². The van der Waals surface area contributed by atoms with Crippen molar-refractivity contribution < 1.29 is 8.42 Å². The molecule has 0 spiro atoms. The molecular weight excluding hydrogens is 224 g/mol. The molecule has 6 nitrogen and oxygen atoms in total. The van der Waals surface area contributed by atoms with Gasteiger partial charge >= 0.3 is 0 Å². The number of hydrogen-bond donors (Lipinski definition) is 2. The van der Waals surface area contributed by atoms with E-state index in [9.17, 15) is 8.42 Å². The van der Waals surface area contributed by atoms with Crippen molar-refractivity contribution in [3.63, 3.8) is 0 Å². The normalized spacial score (nSPS) is 17.9. The Kier molecular flexibility index (Phi) is 6.30. The molecule has 0 rings (SSSR count). The fourth-order valence-electron chi connectivity index (χ4n) is 0.775. The van der Waals surface area contributed by atoms with Crippen molar-refractivity contribution in [2.24, 2.45) is 21.9 Å². The largest absolute Gasteiger partial charge is 0.323 e. The van der Waals surface area contributed by atoms with Crippen molar-refractivity contribution in [1.29, 1.82) is 0 Å². The number of nitrogens with zero attached hydrogens (tertiary/aromatic N) is 2. The molecule has 0 radical (unpaired) electrons. The van der Waals surface area contributed by atoms with Gasteiger partial charge in [0.15, 0.2) is 0 Å². The standard InChI is InChI=1S/C6H14N4O2S2/c1-13(11)3-5(9-7)6(10-8)4-14(2)12/h3-4,7-8H2,1-2H3/b9-5+,10-6+. The minimum absolute atomic E-state index is 0.170. The Balaban J connectivity index is 4.65. The SMILES string of the molecule is CS(=O)CC(=N\N)/C(CS(C)=O)=N/N. The van der Waals surface area contributed by atoms with Gasteiger partial charge in [-0.2, -0.15) is 10.2 Å². The van der Waals surface area contributed by atoms with Crippen LogP contribution in [0.3, 0.4) is 0 Å². The Morgan fingerprint density at radius 1 is 1.00 bits per heavy atom. The zero-order valence-electron chi connectivity index (χ0n) is 8.10. The lowest BCUT2D eigenvalue weighted by molar-refractivity contribution is 0.688. The molecule has 8 heteroatoms. The van der Waals surface area contributed by atoms with Gasteiger partial charge in [-0.15, -0.1) is 0 Å². The lowest BCUT2D eigenvalue weighted by Crippen LogP contribution is -2.28. The molecule has 0 aromatic heterocycles. The van der Waals surface area contributed by atoms with Gasteiger partial charge in [0.25, 0.3) is 0 Å². The summed E-state index contributed by atoms with van der Waals surface area (Å²) in [6.45, 7) is 0. The third kappa shape index (κ3) is 5.07. The van der Waals surface area contributed by atoms with Crippen LogP contribution in [0.15, 0.2) is 10.2 Å². The van der Waals surface area contributed by atoms with Crippen LogP contribution in [0.5, 0.6) is 0 Å². The van der Waals surface area contributed by atoms with Crippen LogP contribution in [-0.4, -0.2) is 43.9 Å². The minimum atomic E-state index is -1.08. The molecule has 2 unspecified atom stereocenters. The summed E-state index contributed by atoms with van der Waals surface area (Å²) in [6, 6.07) is 0. The van der Waals surface area contributed by atoms with Gasteiger partial charge in [0.05, 0.1) is 22.9 Å². The number of hydrogen-bond acceptors (Lipinski definition) is 6. The third-order valence-electron chi connectivity index (χ3n) is 1.32. The maximum absolute atomic E-state index is 10.9. The summed E-state index contributed by atoms with van der Waals surface area (Å²) in [7, 11) is -2.16. The van der Waals surface area contributed by atoms with E-state index in [-0.39, 0.29) is 11.5 Å². The molecule has 0 amide bonds. The second-order valence-electron chi connectivity index (χ2n) is 2.59. The smallest absolute Gasteiger partial charge is 0.0966 e. The van der Waals surface area contributed by atoms with Crippen LogP contribution in [0.1, 0.15) is 0 Å². The summed E-state index contributed by atoms with van der Waals surface area (Å²) < 4.78 is 21.8. The number of nitrogens with two attached hydrogens (primary N) is 2. The van der Waals surface area contributed by atoms with Gasteiger partial charge in [0, 0.05) is 34.1 Å². The summed E-state index contributed by atoms with van der Waals surface area (Å²) in [4.78, 5) is 0. The first-order valence-electron chi connectivity index (χ1n) is 3.65. The summed E-state index contributed by atoms with van der Waals surface area (Å²) in [5.41, 5.74) is 0.673. The van der Waals surface area contributed by atoms with E-state index < -0.39 is 21.6 Å². The van der Waals surface area contributed by atoms with Gasteiger partial charge in [0.1, 0.15) is 0 Å². The summed E-state index contributed by atoms with van der Waals surface area (Å²) in [6.07, 6.45) is 3.03. The van der Waals surface area contributed by atoms with Crippen molar-refractivity contribution in [1.82, 2.24) is 0 Å². The molecule has 0 aliphatic carbocycles. The molecule has 0 aliphatic rings. The molecular formula is C6H14N4O2S2. The Bertz CT molecular complexity index is 270. The van der Waals surface area contributed by atoms with Crippen LogP contribution in [-0.2, 0) is 21.6 Å². The van der Waals surface area contributed by atoms with E-state index in [0.717, 1.165) is 0 Å². The molecule has 0 saturated carbocycles. The van der Waals surface area contributed by atoms with Crippen molar-refractivity contribution in [3.05, 3.63) is 0 Å². The topological polar surface area (TPSA) is 111 Å². The van der Waals surface area contributed by atoms with Gasteiger partial charge in [-0.1, -0.05) is 0 Å². The Morgan fingerprint density at radius 2 is 1.29 bits per heavy atom. The van der Waals surface area contributed by atoms with Crippen LogP contribution in [0.2, 0.25) is 0 Å². The number of hydrazone groups is 2. The van der Waals surface area contributed by atoms with E-state index >= 15 is 0 Å². The molecule has 14 heavy (non-hydrogen) atoms. The first kappa shape index (κ1) is 13.2. The second kappa shape index (κ2) is 6.66. The molecule has 0 fully saturated rings. The highest BCUT2D eigenvalue weighted by molar-refractivity contribution is 7.86. The highest BCUT2D eigenvalue weighted by Gasteiger charge is 2.12. The predicted molar refractivity (Wildman–Crippen MR) is 61.1 cm³/mol. The fraction of sp³-hybridized carbons (Fsp3) is 0.667. The molecule has 82 valence electrons. The van der Waals surface area contributed by atoms with Crippen molar-refractivity contribution in [2.45, 2.75) is 0 Å². The van der Waals surface area contributed by atoms with Gasteiger partial charge < -0.3 is 11.7 Å². The molecule has 0 aromatic rings. The van der Waals surface area contributed by atoms with Crippen molar-refractivity contribution in [2.75, 3.05) is 24.0 Å². The van der Waals surface area contributed by atoms with Crippen molar-refractivity contribution in [3.8, 4) is 0 Å². The Morgan fingerprint density at radius 3 is 1.43 bits per heavy atom. The average molecular weight is 238 g/mol. The first-order chi connectivity index (χ1) is 6.51. The van der Waals surface area contributed by atoms with Crippen LogP contribution < -0.4 is 11.7 Å². The van der Waals surface area contributed by atoms with Crippen molar-refractivity contribution >= 4 is 33.0 Å². The molecule has 0 aliphatic heterocycles. The molecule has 0 aromatic carbocycles. The van der Waals surface area contributed by atoms with E-state index in [1.807, 2.05) is 0 Å². The Labute approximate surface area is 87.7 Å². The molecule has 0 saturated heterocycles. The Hall–Kier alpha value is -0.760. The van der Waals surface area contributed by atoms with Crippen LogP contribution in [0.4, 0.5) is 0 Å². The second-order valence-corrected chi connectivity index (χ2v) is 5.46. The van der Waals surface area contributed by atoms with E-state index in [2.05, 4.69) is 10.2 Å². The maximum Gasteiger partial charge on any atom is 0.0966 e. The molecule has 0 bridgehead atoms. The number of rotatable bonds is 5. The molecule has 0 heterocycles. The van der Waals surface area contributed by atoms with E-state index in [0.29, 0.717) is 11.4 Å². The zero-order valence-corrected chi connectivity index (χ0v) is 9.73. The minimum Gasteiger partial charge on any atom is -0.323 e. The quantitative estimate of drug-likeness (QED) is 0.340. The van der Waals surface area contributed by atoms with E-state index in [1.165, 1.54) is 12.5 Å². The lowest BCUT2D eigenvalue weighted by Gasteiger charge is -2.04. The maximum atomic E-state index is 10.9. The van der Waals surface area contributed by atoms with Gasteiger partial charge in [-0.05, 0) is 0 Å². The summed E-state index contributed by atoms with van der Waals surface area (Å²) >= 11 is 0. The van der Waals surface area contributed by atoms with Crippen LogP contribution >= 0.6 is 0 Å². The van der Waals surface area contributed by atoms with E-state index in [1.54, 1.807) is 0 Å². The van der Waals surface area contributed by atoms with Crippen LogP contribution in [0.25, 0.3) is 0 Å². The molecule has 2 atom stereocenters.